The Morgan fingerprint density at radius 1 is 0.867 bits per heavy atom. The molecule has 0 radical (unpaired) electrons. The van der Waals surface area contributed by atoms with Gasteiger partial charge < -0.3 is 0 Å². The SMILES string of the molecule is Cc1c(N2C[C@@H](C(C)(C)C)[N+](C(C)C)=C2C(C)C)cc(C(C)(C)C)cc1C(C)(C)C. The van der Waals surface area contributed by atoms with E-state index in [0.29, 0.717) is 18.0 Å². The summed E-state index contributed by atoms with van der Waals surface area (Å²) in [5, 5.41) is 0. The van der Waals surface area contributed by atoms with Gasteiger partial charge in [-0.2, -0.15) is 0 Å². The molecule has 1 aliphatic heterocycles. The van der Waals surface area contributed by atoms with Gasteiger partial charge >= 0.3 is 0 Å². The van der Waals surface area contributed by atoms with Crippen molar-refractivity contribution < 1.29 is 4.58 Å². The minimum Gasteiger partial charge on any atom is -0.256 e. The molecule has 2 rings (SSSR count). The van der Waals surface area contributed by atoms with E-state index >= 15 is 0 Å². The van der Waals surface area contributed by atoms with Crippen LogP contribution in [0.4, 0.5) is 5.69 Å². The number of hydrogen-bond acceptors (Lipinski definition) is 1. The summed E-state index contributed by atoms with van der Waals surface area (Å²) in [5.74, 6) is 1.97. The minimum absolute atomic E-state index is 0.124. The first-order valence-corrected chi connectivity index (χ1v) is 12.0. The summed E-state index contributed by atoms with van der Waals surface area (Å²) in [7, 11) is 0. The van der Waals surface area contributed by atoms with Crippen LogP contribution in [0.5, 0.6) is 0 Å². The molecule has 0 N–H and O–H groups in total. The number of nitrogens with zero attached hydrogens (tertiary/aromatic N) is 2. The average molecular weight is 414 g/mol. The highest BCUT2D eigenvalue weighted by molar-refractivity contribution is 5.98. The quantitative estimate of drug-likeness (QED) is 0.471. The first-order valence-electron chi connectivity index (χ1n) is 12.0. The van der Waals surface area contributed by atoms with Crippen LogP contribution in [0.1, 0.15) is 107 Å². The van der Waals surface area contributed by atoms with Gasteiger partial charge in [-0.1, -0.05) is 82.2 Å². The highest BCUT2D eigenvalue weighted by atomic mass is 15.3. The molecule has 0 saturated heterocycles. The van der Waals surface area contributed by atoms with Gasteiger partial charge in [0, 0.05) is 5.41 Å². The van der Waals surface area contributed by atoms with Crippen LogP contribution >= 0.6 is 0 Å². The van der Waals surface area contributed by atoms with E-state index in [1.807, 2.05) is 0 Å². The molecule has 0 amide bonds. The summed E-state index contributed by atoms with van der Waals surface area (Å²) in [5.41, 5.74) is 6.23. The molecule has 0 aromatic heterocycles. The van der Waals surface area contributed by atoms with Crippen molar-refractivity contribution in [3.8, 4) is 0 Å². The summed E-state index contributed by atoms with van der Waals surface area (Å²) in [4.78, 5) is 2.67. The fourth-order valence-corrected chi connectivity index (χ4v) is 4.99. The van der Waals surface area contributed by atoms with Crippen LogP contribution in [-0.4, -0.2) is 29.0 Å². The average Bonchev–Trinajstić information content (AvgIpc) is 2.93. The van der Waals surface area contributed by atoms with Crippen molar-refractivity contribution in [2.75, 3.05) is 11.4 Å². The fourth-order valence-electron chi connectivity index (χ4n) is 4.99. The van der Waals surface area contributed by atoms with Gasteiger partial charge in [0.25, 0.3) is 5.84 Å². The topological polar surface area (TPSA) is 6.25 Å². The van der Waals surface area contributed by atoms with Crippen LogP contribution in [0.2, 0.25) is 0 Å². The normalized spacial score (nSPS) is 18.9. The number of rotatable bonds is 3. The van der Waals surface area contributed by atoms with E-state index in [4.69, 9.17) is 0 Å². The van der Waals surface area contributed by atoms with E-state index in [1.165, 1.54) is 28.2 Å². The van der Waals surface area contributed by atoms with Crippen LogP contribution in [-0.2, 0) is 10.8 Å². The third-order valence-electron chi connectivity index (χ3n) is 6.65. The van der Waals surface area contributed by atoms with Crippen LogP contribution < -0.4 is 4.90 Å². The summed E-state index contributed by atoms with van der Waals surface area (Å²) in [6.07, 6.45) is 0. The number of benzene rings is 1. The molecule has 0 spiro atoms. The van der Waals surface area contributed by atoms with Crippen LogP contribution in [0, 0.1) is 18.3 Å². The Labute approximate surface area is 187 Å². The number of hydrogen-bond donors (Lipinski definition) is 0. The lowest BCUT2D eigenvalue weighted by atomic mass is 9.78. The maximum absolute atomic E-state index is 2.71. The summed E-state index contributed by atoms with van der Waals surface area (Å²) >= 11 is 0. The molecule has 2 heteroatoms. The number of amidine groups is 1. The fraction of sp³-hybridized carbons (Fsp3) is 0.750. The highest BCUT2D eigenvalue weighted by Gasteiger charge is 2.48. The van der Waals surface area contributed by atoms with E-state index < -0.39 is 0 Å². The molecule has 0 unspecified atom stereocenters. The molecule has 2 nitrogen and oxygen atoms in total. The molecule has 1 aromatic rings. The van der Waals surface area contributed by atoms with Crippen molar-refractivity contribution in [1.82, 2.24) is 0 Å². The first kappa shape index (κ1) is 25.0. The molecule has 1 atom stereocenters. The van der Waals surface area contributed by atoms with Gasteiger partial charge in [0.2, 0.25) is 0 Å². The van der Waals surface area contributed by atoms with Crippen LogP contribution in [0.15, 0.2) is 12.1 Å². The van der Waals surface area contributed by atoms with Crippen molar-refractivity contribution in [3.05, 3.63) is 28.8 Å². The van der Waals surface area contributed by atoms with Crippen molar-refractivity contribution >= 4 is 11.5 Å². The molecule has 1 aliphatic rings. The Morgan fingerprint density at radius 2 is 1.40 bits per heavy atom. The maximum atomic E-state index is 2.71. The van der Waals surface area contributed by atoms with Crippen molar-refractivity contribution in [1.29, 1.82) is 0 Å². The van der Waals surface area contributed by atoms with E-state index in [2.05, 4.69) is 119 Å². The van der Waals surface area contributed by atoms with Crippen molar-refractivity contribution in [3.63, 3.8) is 0 Å². The predicted molar refractivity (Wildman–Crippen MR) is 134 cm³/mol. The molecule has 170 valence electrons. The van der Waals surface area contributed by atoms with E-state index in [9.17, 15) is 0 Å². The van der Waals surface area contributed by atoms with Crippen LogP contribution in [0.3, 0.4) is 0 Å². The molecule has 0 saturated carbocycles. The van der Waals surface area contributed by atoms with Gasteiger partial charge in [-0.15, -0.1) is 0 Å². The van der Waals surface area contributed by atoms with Gasteiger partial charge in [0.15, 0.2) is 0 Å². The first-order chi connectivity index (χ1) is 13.4. The Balaban J connectivity index is 2.85. The van der Waals surface area contributed by atoms with Gasteiger partial charge in [-0.25, -0.2) is 4.90 Å². The summed E-state index contributed by atoms with van der Waals surface area (Å²) < 4.78 is 2.71. The molecule has 0 fully saturated rings. The predicted octanol–water partition coefficient (Wildman–Crippen LogP) is 7.30. The third-order valence-corrected chi connectivity index (χ3v) is 6.65. The lowest BCUT2D eigenvalue weighted by Crippen LogP contribution is -2.41. The largest absolute Gasteiger partial charge is 0.256 e. The second kappa shape index (κ2) is 7.99. The van der Waals surface area contributed by atoms with Crippen LogP contribution in [0.25, 0.3) is 0 Å². The standard InChI is InChI=1S/C28H49N2/c1-18(2)25-29(17-24(28(12,13)14)30(25)19(3)4)23-16-21(26(6,7)8)15-22(20(23)5)27(9,10)11/h15-16,18-19,24H,17H2,1-14H3/q+1/t24-/m0/s1. The monoisotopic (exact) mass is 413 g/mol. The molecule has 1 aromatic carbocycles. The second-order valence-electron chi connectivity index (χ2n) is 13.2. The second-order valence-corrected chi connectivity index (χ2v) is 13.2. The molecule has 0 aliphatic carbocycles. The zero-order valence-corrected chi connectivity index (χ0v) is 22.5. The summed E-state index contributed by atoms with van der Waals surface area (Å²) in [6.45, 7) is 34.1. The Bertz CT molecular complexity index is 805. The molecular weight excluding hydrogens is 364 g/mol. The maximum Gasteiger partial charge on any atom is 0.255 e. The summed E-state index contributed by atoms with van der Waals surface area (Å²) in [6, 6.07) is 5.94. The molecule has 1 heterocycles. The molecule has 30 heavy (non-hydrogen) atoms. The lowest BCUT2D eigenvalue weighted by Gasteiger charge is -2.30. The van der Waals surface area contributed by atoms with Crippen molar-refractivity contribution in [2.45, 2.75) is 120 Å². The van der Waals surface area contributed by atoms with Gasteiger partial charge in [0.05, 0.1) is 12.0 Å². The van der Waals surface area contributed by atoms with E-state index in [1.54, 1.807) is 0 Å². The zero-order valence-electron chi connectivity index (χ0n) is 22.5. The van der Waals surface area contributed by atoms with Gasteiger partial charge in [-0.05, 0) is 54.4 Å². The lowest BCUT2D eigenvalue weighted by molar-refractivity contribution is -0.600. The number of anilines is 1. The smallest absolute Gasteiger partial charge is 0.255 e. The molecule has 0 bridgehead atoms. The van der Waals surface area contributed by atoms with Gasteiger partial charge in [-0.3, -0.25) is 4.58 Å². The molecular formula is C28H49N2+. The Hall–Kier alpha value is -1.31. The Kier molecular flexibility index (Phi) is 6.65. The zero-order chi connectivity index (χ0) is 23.4. The third kappa shape index (κ3) is 4.78. The van der Waals surface area contributed by atoms with E-state index in [-0.39, 0.29) is 16.2 Å². The highest BCUT2D eigenvalue weighted by Crippen LogP contribution is 2.40. The van der Waals surface area contributed by atoms with E-state index in [0.717, 1.165) is 6.54 Å². The van der Waals surface area contributed by atoms with Gasteiger partial charge in [0.1, 0.15) is 18.3 Å². The van der Waals surface area contributed by atoms with Crippen molar-refractivity contribution in [2.24, 2.45) is 11.3 Å². The minimum atomic E-state index is 0.124. The Morgan fingerprint density at radius 3 is 1.77 bits per heavy atom.